The molecule has 0 bridgehead atoms. The van der Waals surface area contributed by atoms with Crippen LogP contribution in [0.1, 0.15) is 24.6 Å². The van der Waals surface area contributed by atoms with Crippen molar-refractivity contribution in [3.8, 4) is 0 Å². The second kappa shape index (κ2) is 6.09. The van der Waals surface area contributed by atoms with E-state index in [-0.39, 0.29) is 11.3 Å². The average Bonchev–Trinajstić information content (AvgIpc) is 3.19. The molecule has 0 aromatic carbocycles. The van der Waals surface area contributed by atoms with Gasteiger partial charge in [-0.1, -0.05) is 0 Å². The Bertz CT molecular complexity index is 520. The number of hydrogen-bond acceptors (Lipinski definition) is 5. The van der Waals surface area contributed by atoms with Crippen molar-refractivity contribution in [1.82, 2.24) is 9.62 Å². The van der Waals surface area contributed by atoms with Gasteiger partial charge >= 0.3 is 0 Å². The van der Waals surface area contributed by atoms with Crippen LogP contribution in [-0.2, 0) is 10.0 Å². The van der Waals surface area contributed by atoms with E-state index < -0.39 is 10.0 Å². The van der Waals surface area contributed by atoms with E-state index >= 15 is 0 Å². The predicted octanol–water partition coefficient (Wildman–Crippen LogP) is 1.45. The van der Waals surface area contributed by atoms with Crippen molar-refractivity contribution in [2.45, 2.75) is 24.1 Å². The highest BCUT2D eigenvalue weighted by Crippen LogP contribution is 2.29. The lowest BCUT2D eigenvalue weighted by Crippen LogP contribution is -2.42. The van der Waals surface area contributed by atoms with E-state index in [1.807, 2.05) is 23.9 Å². The first-order valence-corrected chi connectivity index (χ1v) is 9.70. The predicted molar refractivity (Wildman–Crippen MR) is 80.3 cm³/mol. The Hall–Kier alpha value is -0.500. The largest absolute Gasteiger partial charge is 0.468 e. The lowest BCUT2D eigenvalue weighted by Gasteiger charge is -2.33. The molecule has 3 rings (SSSR count). The third kappa shape index (κ3) is 3.39. The normalized spacial score (nSPS) is 22.8. The topological polar surface area (TPSA) is 62.6 Å². The first kappa shape index (κ1) is 14.4. The molecule has 1 aromatic rings. The van der Waals surface area contributed by atoms with Gasteiger partial charge in [-0.25, -0.2) is 13.1 Å². The van der Waals surface area contributed by atoms with Gasteiger partial charge in [0, 0.05) is 31.1 Å². The molecule has 1 atom stereocenters. The molecule has 7 heteroatoms. The van der Waals surface area contributed by atoms with E-state index in [1.54, 1.807) is 6.26 Å². The molecule has 1 saturated carbocycles. The van der Waals surface area contributed by atoms with Gasteiger partial charge in [0.25, 0.3) is 0 Å². The molecule has 0 spiro atoms. The summed E-state index contributed by atoms with van der Waals surface area (Å²) < 4.78 is 32.2. The van der Waals surface area contributed by atoms with E-state index in [4.69, 9.17) is 4.42 Å². The van der Waals surface area contributed by atoms with Gasteiger partial charge in [-0.05, 0) is 25.0 Å². The summed E-state index contributed by atoms with van der Waals surface area (Å²) in [7, 11) is -3.14. The van der Waals surface area contributed by atoms with Crippen molar-refractivity contribution in [2.24, 2.45) is 0 Å². The third-order valence-corrected chi connectivity index (χ3v) is 6.66. The molecule has 20 heavy (non-hydrogen) atoms. The zero-order valence-electron chi connectivity index (χ0n) is 11.3. The molecule has 0 amide bonds. The molecule has 2 heterocycles. The van der Waals surface area contributed by atoms with Gasteiger partial charge in [0.05, 0.1) is 17.6 Å². The van der Waals surface area contributed by atoms with E-state index in [0.29, 0.717) is 6.54 Å². The van der Waals surface area contributed by atoms with Gasteiger partial charge in [-0.3, -0.25) is 4.90 Å². The minimum Gasteiger partial charge on any atom is -0.468 e. The first-order chi connectivity index (χ1) is 9.67. The van der Waals surface area contributed by atoms with Crippen molar-refractivity contribution in [3.63, 3.8) is 0 Å². The Labute approximate surface area is 124 Å². The Kier molecular flexibility index (Phi) is 4.40. The number of sulfonamides is 1. The summed E-state index contributed by atoms with van der Waals surface area (Å²) in [5.74, 6) is 3.02. The van der Waals surface area contributed by atoms with Gasteiger partial charge in [-0.15, -0.1) is 0 Å². The van der Waals surface area contributed by atoms with Crippen LogP contribution in [0, 0.1) is 0 Å². The molecule has 2 fully saturated rings. The van der Waals surface area contributed by atoms with E-state index in [1.165, 1.54) is 0 Å². The molecule has 2 aliphatic rings. The van der Waals surface area contributed by atoms with Crippen molar-refractivity contribution in [1.29, 1.82) is 0 Å². The molecule has 1 aliphatic carbocycles. The van der Waals surface area contributed by atoms with Crippen LogP contribution in [0.3, 0.4) is 0 Å². The standard InChI is InChI=1S/C13H20N2O3S2/c16-20(17,11-3-4-11)14-10-12(13-2-1-7-18-13)15-5-8-19-9-6-15/h1-2,7,11-12,14H,3-6,8-10H2/t12-/m0/s1. The molecule has 1 aliphatic heterocycles. The van der Waals surface area contributed by atoms with Crippen LogP contribution in [-0.4, -0.2) is 49.7 Å². The van der Waals surface area contributed by atoms with Gasteiger partial charge in [0.15, 0.2) is 0 Å². The highest BCUT2D eigenvalue weighted by Gasteiger charge is 2.36. The van der Waals surface area contributed by atoms with Crippen molar-refractivity contribution >= 4 is 21.8 Å². The molecule has 1 N–H and O–H groups in total. The SMILES string of the molecule is O=S(=O)(NC[C@@H](c1ccco1)N1CCSCC1)C1CC1. The number of furan rings is 1. The second-order valence-electron chi connectivity index (χ2n) is 5.27. The number of hydrogen-bond donors (Lipinski definition) is 1. The second-order valence-corrected chi connectivity index (χ2v) is 8.54. The van der Waals surface area contributed by atoms with Gasteiger partial charge < -0.3 is 4.42 Å². The highest BCUT2D eigenvalue weighted by molar-refractivity contribution is 7.99. The Balaban J connectivity index is 1.68. The maximum Gasteiger partial charge on any atom is 0.214 e. The fraction of sp³-hybridized carbons (Fsp3) is 0.692. The van der Waals surface area contributed by atoms with E-state index in [2.05, 4.69) is 9.62 Å². The summed E-state index contributed by atoms with van der Waals surface area (Å²) in [6.07, 6.45) is 3.23. The van der Waals surface area contributed by atoms with Gasteiger partial charge in [-0.2, -0.15) is 11.8 Å². The van der Waals surface area contributed by atoms with Crippen molar-refractivity contribution in [3.05, 3.63) is 24.2 Å². The Morgan fingerprint density at radius 1 is 1.40 bits per heavy atom. The molecule has 112 valence electrons. The van der Waals surface area contributed by atoms with Crippen LogP contribution < -0.4 is 4.72 Å². The van der Waals surface area contributed by atoms with Gasteiger partial charge in [0.1, 0.15) is 5.76 Å². The van der Waals surface area contributed by atoms with E-state index in [0.717, 1.165) is 43.2 Å². The monoisotopic (exact) mass is 316 g/mol. The molecular weight excluding hydrogens is 296 g/mol. The zero-order chi connectivity index (χ0) is 14.0. The van der Waals surface area contributed by atoms with Crippen LogP contribution in [0.15, 0.2) is 22.8 Å². The van der Waals surface area contributed by atoms with Crippen molar-refractivity contribution < 1.29 is 12.8 Å². The summed E-state index contributed by atoms with van der Waals surface area (Å²) in [6, 6.07) is 3.79. The molecule has 0 unspecified atom stereocenters. The minimum absolute atomic E-state index is 0.000532. The fourth-order valence-electron chi connectivity index (χ4n) is 2.47. The molecule has 5 nitrogen and oxygen atoms in total. The van der Waals surface area contributed by atoms with Crippen LogP contribution in [0.2, 0.25) is 0 Å². The summed E-state index contributed by atoms with van der Waals surface area (Å²) in [5.41, 5.74) is 0. The summed E-state index contributed by atoms with van der Waals surface area (Å²) in [4.78, 5) is 2.31. The van der Waals surface area contributed by atoms with Crippen LogP contribution in [0.25, 0.3) is 0 Å². The lowest BCUT2D eigenvalue weighted by atomic mass is 10.2. The molecule has 1 saturated heterocycles. The number of nitrogens with one attached hydrogen (secondary N) is 1. The van der Waals surface area contributed by atoms with Crippen LogP contribution >= 0.6 is 11.8 Å². The highest BCUT2D eigenvalue weighted by atomic mass is 32.2. The number of rotatable bonds is 6. The van der Waals surface area contributed by atoms with E-state index in [9.17, 15) is 8.42 Å². The summed E-state index contributed by atoms with van der Waals surface area (Å²) in [6.45, 7) is 2.35. The zero-order valence-corrected chi connectivity index (χ0v) is 13.0. The lowest BCUT2D eigenvalue weighted by molar-refractivity contribution is 0.193. The molecular formula is C13H20N2O3S2. The average molecular weight is 316 g/mol. The summed E-state index contributed by atoms with van der Waals surface area (Å²) >= 11 is 1.94. The molecule has 0 radical (unpaired) electrons. The van der Waals surface area contributed by atoms with Gasteiger partial charge in [0.2, 0.25) is 10.0 Å². The summed E-state index contributed by atoms with van der Waals surface area (Å²) in [5, 5.41) is -0.170. The smallest absolute Gasteiger partial charge is 0.214 e. The van der Waals surface area contributed by atoms with Crippen LogP contribution in [0.4, 0.5) is 0 Å². The Morgan fingerprint density at radius 3 is 2.75 bits per heavy atom. The first-order valence-electron chi connectivity index (χ1n) is 7.00. The van der Waals surface area contributed by atoms with Crippen molar-refractivity contribution in [2.75, 3.05) is 31.1 Å². The maximum absolute atomic E-state index is 12.0. The molecule has 1 aromatic heterocycles. The fourth-order valence-corrected chi connectivity index (χ4v) is 4.78. The third-order valence-electron chi connectivity index (χ3n) is 3.80. The number of nitrogens with zero attached hydrogens (tertiary/aromatic N) is 1. The van der Waals surface area contributed by atoms with Crippen LogP contribution in [0.5, 0.6) is 0 Å². The quantitative estimate of drug-likeness (QED) is 0.861. The number of thioether (sulfide) groups is 1. The maximum atomic E-state index is 12.0. The minimum atomic E-state index is -3.14. The Morgan fingerprint density at radius 2 is 2.15 bits per heavy atom.